The third kappa shape index (κ3) is 3.36. The number of alkyl halides is 1. The van der Waals surface area contributed by atoms with Crippen LogP contribution in [-0.4, -0.2) is 7.11 Å². The van der Waals surface area contributed by atoms with Gasteiger partial charge in [0.25, 0.3) is 0 Å². The highest BCUT2D eigenvalue weighted by Gasteiger charge is 2.14. The minimum absolute atomic E-state index is 0.170. The first-order valence-electron chi connectivity index (χ1n) is 6.60. The molecule has 1 atom stereocenters. The molecule has 106 valence electrons. The molecule has 0 amide bonds. The number of rotatable bonds is 4. The molecule has 1 nitrogen and oxygen atoms in total. The van der Waals surface area contributed by atoms with Crippen molar-refractivity contribution in [1.29, 1.82) is 0 Å². The summed E-state index contributed by atoms with van der Waals surface area (Å²) in [5, 5.41) is -0.170. The molecule has 0 saturated carbocycles. The number of hydrogen-bond donors (Lipinski definition) is 0. The van der Waals surface area contributed by atoms with E-state index in [1.807, 2.05) is 18.2 Å². The lowest BCUT2D eigenvalue weighted by Crippen LogP contribution is -1.96. The van der Waals surface area contributed by atoms with Gasteiger partial charge in [-0.2, -0.15) is 0 Å². The SMILES string of the molecule is COc1ccc(C(Cl)c2ccc(C(C)C)cc2)c(Br)c1. The molecule has 0 N–H and O–H groups in total. The summed E-state index contributed by atoms with van der Waals surface area (Å²) >= 11 is 10.2. The predicted octanol–water partition coefficient (Wildman–Crippen LogP) is 5.91. The quantitative estimate of drug-likeness (QED) is 0.621. The smallest absolute Gasteiger partial charge is 0.120 e. The topological polar surface area (TPSA) is 9.23 Å². The average Bonchev–Trinajstić information content (AvgIpc) is 2.46. The Morgan fingerprint density at radius 3 is 2.10 bits per heavy atom. The molecule has 0 aliphatic carbocycles. The highest BCUT2D eigenvalue weighted by molar-refractivity contribution is 9.10. The lowest BCUT2D eigenvalue weighted by Gasteiger charge is -2.14. The maximum absolute atomic E-state index is 6.59. The monoisotopic (exact) mass is 352 g/mol. The molecule has 2 aromatic rings. The van der Waals surface area contributed by atoms with E-state index in [2.05, 4.69) is 54.0 Å². The Bertz CT molecular complexity index is 578. The van der Waals surface area contributed by atoms with E-state index in [4.69, 9.17) is 16.3 Å². The molecule has 0 aromatic heterocycles. The van der Waals surface area contributed by atoms with E-state index in [-0.39, 0.29) is 5.38 Å². The lowest BCUT2D eigenvalue weighted by molar-refractivity contribution is 0.414. The minimum atomic E-state index is -0.170. The summed E-state index contributed by atoms with van der Waals surface area (Å²) in [5.41, 5.74) is 3.47. The standard InChI is InChI=1S/C17H18BrClO/c1-11(2)12-4-6-13(7-5-12)17(19)15-9-8-14(20-3)10-16(15)18/h4-11,17H,1-3H3. The largest absolute Gasteiger partial charge is 0.497 e. The molecule has 20 heavy (non-hydrogen) atoms. The summed E-state index contributed by atoms with van der Waals surface area (Å²) in [5.74, 6) is 1.35. The first-order valence-corrected chi connectivity index (χ1v) is 7.83. The molecular weight excluding hydrogens is 336 g/mol. The fraction of sp³-hybridized carbons (Fsp3) is 0.294. The van der Waals surface area contributed by atoms with Gasteiger partial charge in [-0.05, 0) is 34.7 Å². The second-order valence-electron chi connectivity index (χ2n) is 5.07. The summed E-state index contributed by atoms with van der Waals surface area (Å²) < 4.78 is 6.17. The molecule has 0 radical (unpaired) electrons. The van der Waals surface area contributed by atoms with Gasteiger partial charge in [-0.3, -0.25) is 0 Å². The van der Waals surface area contributed by atoms with Gasteiger partial charge in [0.1, 0.15) is 5.75 Å². The molecule has 1 unspecified atom stereocenters. The van der Waals surface area contributed by atoms with Crippen molar-refractivity contribution >= 4 is 27.5 Å². The van der Waals surface area contributed by atoms with Crippen molar-refractivity contribution in [2.45, 2.75) is 25.1 Å². The normalized spacial score (nSPS) is 12.5. The molecule has 0 saturated heterocycles. The Hall–Kier alpha value is -0.990. The van der Waals surface area contributed by atoms with E-state index in [9.17, 15) is 0 Å². The summed E-state index contributed by atoms with van der Waals surface area (Å²) in [6.45, 7) is 4.38. The van der Waals surface area contributed by atoms with Crippen molar-refractivity contribution in [3.05, 3.63) is 63.6 Å². The highest BCUT2D eigenvalue weighted by atomic mass is 79.9. The molecule has 0 fully saturated rings. The van der Waals surface area contributed by atoms with Crippen molar-refractivity contribution in [2.24, 2.45) is 0 Å². The van der Waals surface area contributed by atoms with Gasteiger partial charge in [-0.15, -0.1) is 11.6 Å². The zero-order chi connectivity index (χ0) is 14.7. The molecule has 2 aromatic carbocycles. The second-order valence-corrected chi connectivity index (χ2v) is 6.36. The molecule has 0 heterocycles. The van der Waals surface area contributed by atoms with E-state index in [0.29, 0.717) is 5.92 Å². The van der Waals surface area contributed by atoms with Crippen molar-refractivity contribution in [3.63, 3.8) is 0 Å². The van der Waals surface area contributed by atoms with E-state index < -0.39 is 0 Å². The van der Waals surface area contributed by atoms with Gasteiger partial charge >= 0.3 is 0 Å². The van der Waals surface area contributed by atoms with E-state index in [1.165, 1.54) is 5.56 Å². The van der Waals surface area contributed by atoms with E-state index in [0.717, 1.165) is 21.3 Å². The van der Waals surface area contributed by atoms with Gasteiger partial charge in [0, 0.05) is 4.47 Å². The van der Waals surface area contributed by atoms with Crippen LogP contribution in [0.15, 0.2) is 46.9 Å². The summed E-state index contributed by atoms with van der Waals surface area (Å²) in [4.78, 5) is 0. The number of halogens is 2. The van der Waals surface area contributed by atoms with Crippen molar-refractivity contribution in [3.8, 4) is 5.75 Å². The van der Waals surface area contributed by atoms with Crippen LogP contribution in [0.3, 0.4) is 0 Å². The molecule has 2 rings (SSSR count). The van der Waals surface area contributed by atoms with Crippen LogP contribution in [0.1, 0.15) is 41.8 Å². The molecule has 0 aliphatic rings. The minimum Gasteiger partial charge on any atom is -0.497 e. The molecule has 0 bridgehead atoms. The first-order chi connectivity index (χ1) is 9.52. The number of ether oxygens (including phenoxy) is 1. The van der Waals surface area contributed by atoms with E-state index >= 15 is 0 Å². The first kappa shape index (κ1) is 15.4. The number of methoxy groups -OCH3 is 1. The van der Waals surface area contributed by atoms with Gasteiger partial charge in [-0.1, -0.05) is 60.1 Å². The summed E-state index contributed by atoms with van der Waals surface area (Å²) in [6.07, 6.45) is 0. The third-order valence-electron chi connectivity index (χ3n) is 3.38. The van der Waals surface area contributed by atoms with Crippen LogP contribution in [0.4, 0.5) is 0 Å². The third-order valence-corrected chi connectivity index (χ3v) is 4.55. The Morgan fingerprint density at radius 2 is 1.60 bits per heavy atom. The van der Waals surface area contributed by atoms with Crippen LogP contribution in [0.5, 0.6) is 5.75 Å². The zero-order valence-electron chi connectivity index (χ0n) is 11.9. The lowest BCUT2D eigenvalue weighted by atomic mass is 9.98. The van der Waals surface area contributed by atoms with Crippen LogP contribution in [0.2, 0.25) is 0 Å². The van der Waals surface area contributed by atoms with Gasteiger partial charge in [0.2, 0.25) is 0 Å². The average molecular weight is 354 g/mol. The van der Waals surface area contributed by atoms with Crippen LogP contribution in [-0.2, 0) is 0 Å². The van der Waals surface area contributed by atoms with Crippen molar-refractivity contribution in [1.82, 2.24) is 0 Å². The summed E-state index contributed by atoms with van der Waals surface area (Å²) in [6, 6.07) is 14.4. The maximum Gasteiger partial charge on any atom is 0.120 e. The Balaban J connectivity index is 2.28. The predicted molar refractivity (Wildman–Crippen MR) is 88.9 cm³/mol. The fourth-order valence-corrected chi connectivity index (χ4v) is 3.12. The van der Waals surface area contributed by atoms with Gasteiger partial charge in [0.05, 0.1) is 12.5 Å². The maximum atomic E-state index is 6.59. The fourth-order valence-electron chi connectivity index (χ4n) is 2.07. The highest BCUT2D eigenvalue weighted by Crippen LogP contribution is 2.36. The molecular formula is C17H18BrClO. The number of benzene rings is 2. The Labute approximate surface area is 134 Å². The van der Waals surface area contributed by atoms with Crippen molar-refractivity contribution < 1.29 is 4.74 Å². The second kappa shape index (κ2) is 6.64. The molecule has 0 aliphatic heterocycles. The van der Waals surface area contributed by atoms with Crippen LogP contribution >= 0.6 is 27.5 Å². The van der Waals surface area contributed by atoms with Crippen LogP contribution in [0.25, 0.3) is 0 Å². The summed E-state index contributed by atoms with van der Waals surface area (Å²) in [7, 11) is 1.66. The Morgan fingerprint density at radius 1 is 1.00 bits per heavy atom. The number of hydrogen-bond acceptors (Lipinski definition) is 1. The van der Waals surface area contributed by atoms with Crippen LogP contribution < -0.4 is 4.74 Å². The zero-order valence-corrected chi connectivity index (χ0v) is 14.2. The van der Waals surface area contributed by atoms with Gasteiger partial charge < -0.3 is 4.74 Å². The van der Waals surface area contributed by atoms with Crippen LogP contribution in [0, 0.1) is 0 Å². The van der Waals surface area contributed by atoms with E-state index in [1.54, 1.807) is 7.11 Å². The Kier molecular flexibility index (Phi) is 5.11. The van der Waals surface area contributed by atoms with Crippen molar-refractivity contribution in [2.75, 3.05) is 7.11 Å². The van der Waals surface area contributed by atoms with Gasteiger partial charge in [0.15, 0.2) is 0 Å². The molecule has 3 heteroatoms. The van der Waals surface area contributed by atoms with Gasteiger partial charge in [-0.25, -0.2) is 0 Å². The molecule has 0 spiro atoms.